The number of ether oxygens (including phenoxy) is 1. The van der Waals surface area contributed by atoms with Gasteiger partial charge in [-0.25, -0.2) is 0 Å². The summed E-state index contributed by atoms with van der Waals surface area (Å²) in [6.07, 6.45) is 4.59. The monoisotopic (exact) mass is 212 g/mol. The molecule has 0 amide bonds. The lowest BCUT2D eigenvalue weighted by atomic mass is 10.0. The highest BCUT2D eigenvalue weighted by molar-refractivity contribution is 7.09. The zero-order chi connectivity index (χ0) is 9.80. The van der Waals surface area contributed by atoms with E-state index in [0.29, 0.717) is 12.1 Å². The quantitative estimate of drug-likeness (QED) is 0.829. The molecule has 3 nitrogen and oxygen atoms in total. The van der Waals surface area contributed by atoms with Crippen molar-refractivity contribution >= 4 is 11.3 Å². The van der Waals surface area contributed by atoms with E-state index in [2.05, 4.69) is 17.2 Å². The molecule has 1 fully saturated rings. The molecule has 0 radical (unpaired) electrons. The first-order valence-corrected chi connectivity index (χ1v) is 5.95. The van der Waals surface area contributed by atoms with Gasteiger partial charge in [0.05, 0.1) is 11.6 Å². The summed E-state index contributed by atoms with van der Waals surface area (Å²) in [4.78, 5) is 5.36. The Morgan fingerprint density at radius 1 is 1.71 bits per heavy atom. The van der Waals surface area contributed by atoms with Crippen LogP contribution in [0.15, 0.2) is 11.7 Å². The van der Waals surface area contributed by atoms with Gasteiger partial charge in [0.25, 0.3) is 0 Å². The first-order valence-electron chi connectivity index (χ1n) is 5.07. The lowest BCUT2D eigenvalue weighted by molar-refractivity contribution is 0.0131. The number of hydrogen-bond donors (Lipinski definition) is 1. The van der Waals surface area contributed by atoms with Crippen molar-refractivity contribution in [1.82, 2.24) is 10.3 Å². The Hall–Kier alpha value is -0.450. The third-order valence-corrected chi connectivity index (χ3v) is 3.31. The summed E-state index contributed by atoms with van der Waals surface area (Å²) in [5.41, 5.74) is 1.88. The molecule has 0 spiro atoms. The first kappa shape index (κ1) is 10.1. The van der Waals surface area contributed by atoms with E-state index in [1.54, 1.807) is 11.3 Å². The minimum Gasteiger partial charge on any atom is -0.378 e. The fourth-order valence-corrected chi connectivity index (χ4v) is 2.30. The van der Waals surface area contributed by atoms with Crippen molar-refractivity contribution in [3.05, 3.63) is 16.6 Å². The van der Waals surface area contributed by atoms with Crippen molar-refractivity contribution in [2.24, 2.45) is 0 Å². The Kier molecular flexibility index (Phi) is 3.50. The van der Waals surface area contributed by atoms with E-state index < -0.39 is 0 Å². The predicted octanol–water partition coefficient (Wildman–Crippen LogP) is 1.80. The topological polar surface area (TPSA) is 34.2 Å². The molecule has 1 aliphatic rings. The normalized spacial score (nSPS) is 27.8. The largest absolute Gasteiger partial charge is 0.378 e. The van der Waals surface area contributed by atoms with Gasteiger partial charge in [-0.2, -0.15) is 0 Å². The van der Waals surface area contributed by atoms with Gasteiger partial charge in [0, 0.05) is 30.3 Å². The highest BCUT2D eigenvalue weighted by Gasteiger charge is 2.18. The second kappa shape index (κ2) is 4.87. The summed E-state index contributed by atoms with van der Waals surface area (Å²) < 4.78 is 5.50. The SMILES string of the molecule is CC1CC(NCc2cncs2)CCO1. The molecule has 1 aromatic heterocycles. The lowest BCUT2D eigenvalue weighted by Gasteiger charge is -2.27. The zero-order valence-electron chi connectivity index (χ0n) is 8.40. The van der Waals surface area contributed by atoms with Crippen molar-refractivity contribution in [1.29, 1.82) is 0 Å². The number of nitrogens with one attached hydrogen (secondary N) is 1. The minimum atomic E-state index is 0.405. The molecule has 0 aromatic carbocycles. The Bertz CT molecular complexity index is 263. The summed E-state index contributed by atoms with van der Waals surface area (Å²) in [7, 11) is 0. The molecule has 78 valence electrons. The molecule has 4 heteroatoms. The first-order chi connectivity index (χ1) is 6.84. The fraction of sp³-hybridized carbons (Fsp3) is 0.700. The predicted molar refractivity (Wildman–Crippen MR) is 57.4 cm³/mol. The Balaban J connectivity index is 1.75. The van der Waals surface area contributed by atoms with E-state index in [0.717, 1.165) is 26.0 Å². The third kappa shape index (κ3) is 2.77. The highest BCUT2D eigenvalue weighted by atomic mass is 32.1. The second-order valence-electron chi connectivity index (χ2n) is 3.75. The number of nitrogens with zero attached hydrogens (tertiary/aromatic N) is 1. The molecule has 0 bridgehead atoms. The smallest absolute Gasteiger partial charge is 0.0794 e. The van der Waals surface area contributed by atoms with Gasteiger partial charge in [0.1, 0.15) is 0 Å². The van der Waals surface area contributed by atoms with Crippen LogP contribution in [-0.2, 0) is 11.3 Å². The molecular weight excluding hydrogens is 196 g/mol. The lowest BCUT2D eigenvalue weighted by Crippen LogP contribution is -2.37. The van der Waals surface area contributed by atoms with E-state index in [-0.39, 0.29) is 0 Å². The Labute approximate surface area is 88.5 Å². The summed E-state index contributed by atoms with van der Waals surface area (Å²) >= 11 is 1.71. The summed E-state index contributed by atoms with van der Waals surface area (Å²) in [5, 5.41) is 3.54. The fourth-order valence-electron chi connectivity index (χ4n) is 1.76. The van der Waals surface area contributed by atoms with E-state index in [4.69, 9.17) is 4.74 Å². The molecule has 2 atom stereocenters. The molecule has 0 saturated carbocycles. The summed E-state index contributed by atoms with van der Waals surface area (Å²) in [5.74, 6) is 0. The van der Waals surface area contributed by atoms with Crippen LogP contribution in [0.5, 0.6) is 0 Å². The molecule has 2 heterocycles. The van der Waals surface area contributed by atoms with Gasteiger partial charge >= 0.3 is 0 Å². The standard InChI is InChI=1S/C10H16N2OS/c1-8-4-9(2-3-13-8)12-6-10-5-11-7-14-10/h5,7-9,12H,2-4,6H2,1H3. The maximum absolute atomic E-state index is 5.50. The van der Waals surface area contributed by atoms with Crippen molar-refractivity contribution < 1.29 is 4.74 Å². The van der Waals surface area contributed by atoms with Gasteiger partial charge in [-0.1, -0.05) is 0 Å². The van der Waals surface area contributed by atoms with Gasteiger partial charge in [-0.15, -0.1) is 11.3 Å². The highest BCUT2D eigenvalue weighted by Crippen LogP contribution is 2.14. The van der Waals surface area contributed by atoms with Crippen LogP contribution in [0.2, 0.25) is 0 Å². The zero-order valence-corrected chi connectivity index (χ0v) is 9.22. The molecule has 1 aliphatic heterocycles. The second-order valence-corrected chi connectivity index (χ2v) is 4.72. The van der Waals surface area contributed by atoms with Crippen LogP contribution in [0, 0.1) is 0 Å². The van der Waals surface area contributed by atoms with Gasteiger partial charge in [0.15, 0.2) is 0 Å². The molecule has 2 rings (SSSR count). The number of hydrogen-bond acceptors (Lipinski definition) is 4. The molecule has 1 aromatic rings. The maximum atomic E-state index is 5.50. The van der Waals surface area contributed by atoms with Gasteiger partial charge in [-0.3, -0.25) is 4.98 Å². The molecule has 1 saturated heterocycles. The average Bonchev–Trinajstić information content (AvgIpc) is 2.67. The van der Waals surface area contributed by atoms with Gasteiger partial charge in [-0.05, 0) is 19.8 Å². The van der Waals surface area contributed by atoms with Crippen LogP contribution in [-0.4, -0.2) is 23.7 Å². The molecule has 1 N–H and O–H groups in total. The average molecular weight is 212 g/mol. The number of rotatable bonds is 3. The van der Waals surface area contributed by atoms with Gasteiger partial charge < -0.3 is 10.1 Å². The van der Waals surface area contributed by atoms with Gasteiger partial charge in [0.2, 0.25) is 0 Å². The van der Waals surface area contributed by atoms with E-state index in [9.17, 15) is 0 Å². The molecule has 2 unspecified atom stereocenters. The summed E-state index contributed by atoms with van der Waals surface area (Å²) in [6.45, 7) is 3.98. The minimum absolute atomic E-state index is 0.405. The van der Waals surface area contributed by atoms with Crippen LogP contribution in [0.25, 0.3) is 0 Å². The van der Waals surface area contributed by atoms with Crippen LogP contribution >= 0.6 is 11.3 Å². The maximum Gasteiger partial charge on any atom is 0.0794 e. The van der Waals surface area contributed by atoms with E-state index in [1.807, 2.05) is 11.7 Å². The van der Waals surface area contributed by atoms with Crippen LogP contribution < -0.4 is 5.32 Å². The van der Waals surface area contributed by atoms with Crippen molar-refractivity contribution in [3.8, 4) is 0 Å². The molecular formula is C10H16N2OS. The molecule has 14 heavy (non-hydrogen) atoms. The number of thiazole rings is 1. The molecule has 0 aliphatic carbocycles. The summed E-state index contributed by atoms with van der Waals surface area (Å²) in [6, 6.07) is 0.612. The Morgan fingerprint density at radius 3 is 3.36 bits per heavy atom. The Morgan fingerprint density at radius 2 is 2.64 bits per heavy atom. The van der Waals surface area contributed by atoms with Crippen molar-refractivity contribution in [2.75, 3.05) is 6.61 Å². The van der Waals surface area contributed by atoms with E-state index in [1.165, 1.54) is 4.88 Å². The van der Waals surface area contributed by atoms with Crippen LogP contribution in [0.3, 0.4) is 0 Å². The van der Waals surface area contributed by atoms with Crippen molar-refractivity contribution in [2.45, 2.75) is 38.5 Å². The van der Waals surface area contributed by atoms with Crippen molar-refractivity contribution in [3.63, 3.8) is 0 Å². The van der Waals surface area contributed by atoms with Crippen LogP contribution in [0.1, 0.15) is 24.6 Å². The van der Waals surface area contributed by atoms with E-state index >= 15 is 0 Å². The van der Waals surface area contributed by atoms with Crippen LogP contribution in [0.4, 0.5) is 0 Å². The third-order valence-electron chi connectivity index (χ3n) is 2.53. The number of aromatic nitrogens is 1.